The minimum absolute atomic E-state index is 0.241. The third kappa shape index (κ3) is 3.16. The van der Waals surface area contributed by atoms with Crippen LogP contribution >= 0.6 is 43.2 Å². The van der Waals surface area contributed by atoms with Crippen molar-refractivity contribution >= 4 is 54.8 Å². The van der Waals surface area contributed by atoms with Crippen LogP contribution in [0, 0.1) is 6.92 Å². The molecule has 112 valence electrons. The van der Waals surface area contributed by atoms with Gasteiger partial charge in [-0.05, 0) is 53.2 Å². The molecule has 1 N–H and O–H groups in total. The lowest BCUT2D eigenvalue weighted by molar-refractivity contribution is 0.102. The van der Waals surface area contributed by atoms with E-state index in [0.29, 0.717) is 22.1 Å². The Morgan fingerprint density at radius 2 is 2.14 bits per heavy atom. The maximum atomic E-state index is 12.4. The van der Waals surface area contributed by atoms with E-state index < -0.39 is 0 Å². The number of hydrogen-bond acceptors (Lipinski definition) is 4. The van der Waals surface area contributed by atoms with Gasteiger partial charge in [0.2, 0.25) is 0 Å². The van der Waals surface area contributed by atoms with E-state index in [0.717, 1.165) is 13.8 Å². The number of aromatic nitrogens is 1. The number of carbonyl (C=O) groups is 1. The van der Waals surface area contributed by atoms with E-state index >= 15 is 0 Å². The van der Waals surface area contributed by atoms with Crippen LogP contribution in [0.4, 0.5) is 5.69 Å². The number of thiazole rings is 1. The maximum Gasteiger partial charge on any atom is 0.275 e. The number of anilines is 1. The van der Waals surface area contributed by atoms with Gasteiger partial charge in [-0.15, -0.1) is 11.3 Å². The van der Waals surface area contributed by atoms with Gasteiger partial charge in [0, 0.05) is 13.8 Å². The lowest BCUT2D eigenvalue weighted by atomic mass is 10.3. The van der Waals surface area contributed by atoms with Crippen LogP contribution < -0.4 is 5.32 Å². The number of hydrogen-bond donors (Lipinski definition) is 1. The van der Waals surface area contributed by atoms with Crippen LogP contribution in [-0.4, -0.2) is 10.9 Å². The standard InChI is InChI=1S/C15H10Br2N2O2S/c1-8-13(19-15(22-8)12-3-2-6-21-12)14(20)18-11-5-4-9(16)7-10(11)17/h2-7H,1H3,(H,18,20). The van der Waals surface area contributed by atoms with Crippen molar-refractivity contribution in [1.82, 2.24) is 4.98 Å². The molecular formula is C15H10Br2N2O2S. The molecule has 0 fully saturated rings. The molecule has 0 aliphatic rings. The number of nitrogens with zero attached hydrogens (tertiary/aromatic N) is 1. The minimum Gasteiger partial charge on any atom is -0.462 e. The quantitative estimate of drug-likeness (QED) is 0.584. The average Bonchev–Trinajstić information content (AvgIpc) is 3.10. The van der Waals surface area contributed by atoms with Gasteiger partial charge in [-0.2, -0.15) is 0 Å². The Morgan fingerprint density at radius 1 is 1.32 bits per heavy atom. The van der Waals surface area contributed by atoms with Crippen LogP contribution in [0.15, 0.2) is 50.0 Å². The molecule has 0 atom stereocenters. The second-order valence-electron chi connectivity index (χ2n) is 4.48. The molecule has 1 amide bonds. The number of halogens is 2. The fourth-order valence-electron chi connectivity index (χ4n) is 1.89. The fourth-order valence-corrected chi connectivity index (χ4v) is 3.91. The maximum absolute atomic E-state index is 12.4. The van der Waals surface area contributed by atoms with Crippen molar-refractivity contribution in [2.45, 2.75) is 6.92 Å². The summed E-state index contributed by atoms with van der Waals surface area (Å²) in [5, 5.41) is 3.56. The van der Waals surface area contributed by atoms with E-state index in [-0.39, 0.29) is 5.91 Å². The molecule has 3 aromatic rings. The molecule has 1 aromatic carbocycles. The van der Waals surface area contributed by atoms with Crippen LogP contribution in [-0.2, 0) is 0 Å². The number of carbonyl (C=O) groups excluding carboxylic acids is 1. The van der Waals surface area contributed by atoms with Crippen molar-refractivity contribution in [2.24, 2.45) is 0 Å². The van der Waals surface area contributed by atoms with E-state index in [4.69, 9.17) is 4.42 Å². The summed E-state index contributed by atoms with van der Waals surface area (Å²) in [6, 6.07) is 9.18. The second-order valence-corrected chi connectivity index (χ2v) is 7.45. The van der Waals surface area contributed by atoms with Crippen LogP contribution in [0.2, 0.25) is 0 Å². The number of rotatable bonds is 3. The van der Waals surface area contributed by atoms with Crippen LogP contribution in [0.1, 0.15) is 15.4 Å². The summed E-state index contributed by atoms with van der Waals surface area (Å²) >= 11 is 8.24. The van der Waals surface area contributed by atoms with Crippen molar-refractivity contribution in [3.8, 4) is 10.8 Å². The van der Waals surface area contributed by atoms with Gasteiger partial charge in [-0.3, -0.25) is 4.79 Å². The van der Waals surface area contributed by atoms with E-state index in [1.807, 2.05) is 31.2 Å². The van der Waals surface area contributed by atoms with Crippen molar-refractivity contribution < 1.29 is 9.21 Å². The summed E-state index contributed by atoms with van der Waals surface area (Å²) in [6.07, 6.45) is 1.59. The smallest absolute Gasteiger partial charge is 0.275 e. The van der Waals surface area contributed by atoms with Gasteiger partial charge < -0.3 is 9.73 Å². The Hall–Kier alpha value is -1.44. The van der Waals surface area contributed by atoms with Crippen molar-refractivity contribution in [1.29, 1.82) is 0 Å². The number of amides is 1. The fraction of sp³-hybridized carbons (Fsp3) is 0.0667. The van der Waals surface area contributed by atoms with E-state index in [9.17, 15) is 4.79 Å². The van der Waals surface area contributed by atoms with E-state index in [2.05, 4.69) is 42.2 Å². The van der Waals surface area contributed by atoms with Gasteiger partial charge in [0.15, 0.2) is 10.8 Å². The predicted octanol–water partition coefficient (Wildman–Crippen LogP) is 5.49. The Bertz CT molecular complexity index is 828. The van der Waals surface area contributed by atoms with Gasteiger partial charge in [0.05, 0.1) is 12.0 Å². The first-order valence-electron chi connectivity index (χ1n) is 6.32. The first-order chi connectivity index (χ1) is 10.5. The average molecular weight is 442 g/mol. The molecule has 0 unspecified atom stereocenters. The van der Waals surface area contributed by atoms with Crippen molar-refractivity contribution in [3.05, 3.63) is 56.1 Å². The molecule has 0 saturated heterocycles. The molecule has 0 bridgehead atoms. The number of nitrogens with one attached hydrogen (secondary N) is 1. The number of aryl methyl sites for hydroxylation is 1. The van der Waals surface area contributed by atoms with Crippen molar-refractivity contribution in [2.75, 3.05) is 5.32 Å². The molecule has 0 radical (unpaired) electrons. The molecule has 0 aliphatic heterocycles. The Kier molecular flexibility index (Phi) is 4.46. The van der Waals surface area contributed by atoms with Gasteiger partial charge in [-0.25, -0.2) is 4.98 Å². The van der Waals surface area contributed by atoms with E-state index in [1.54, 1.807) is 12.3 Å². The molecule has 0 saturated carbocycles. The van der Waals surface area contributed by atoms with Gasteiger partial charge in [0.25, 0.3) is 5.91 Å². The topological polar surface area (TPSA) is 55.1 Å². The third-order valence-corrected chi connectivity index (χ3v) is 5.06. The van der Waals surface area contributed by atoms with Gasteiger partial charge >= 0.3 is 0 Å². The first kappa shape index (κ1) is 15.5. The molecule has 7 heteroatoms. The van der Waals surface area contributed by atoms with Crippen LogP contribution in [0.5, 0.6) is 0 Å². The van der Waals surface area contributed by atoms with Crippen molar-refractivity contribution in [3.63, 3.8) is 0 Å². The zero-order chi connectivity index (χ0) is 15.7. The monoisotopic (exact) mass is 440 g/mol. The summed E-state index contributed by atoms with van der Waals surface area (Å²) in [4.78, 5) is 17.7. The van der Waals surface area contributed by atoms with Crippen LogP contribution in [0.3, 0.4) is 0 Å². The minimum atomic E-state index is -0.241. The molecule has 2 heterocycles. The predicted molar refractivity (Wildman–Crippen MR) is 94.3 cm³/mol. The highest BCUT2D eigenvalue weighted by molar-refractivity contribution is 9.11. The zero-order valence-electron chi connectivity index (χ0n) is 11.4. The molecule has 4 nitrogen and oxygen atoms in total. The molecule has 3 rings (SSSR count). The second kappa shape index (κ2) is 6.36. The Labute approximate surface area is 147 Å². The zero-order valence-corrected chi connectivity index (χ0v) is 15.4. The van der Waals surface area contributed by atoms with Crippen LogP contribution in [0.25, 0.3) is 10.8 Å². The van der Waals surface area contributed by atoms with Gasteiger partial charge in [0.1, 0.15) is 5.69 Å². The highest BCUT2D eigenvalue weighted by atomic mass is 79.9. The number of furan rings is 1. The van der Waals surface area contributed by atoms with E-state index in [1.165, 1.54) is 11.3 Å². The summed E-state index contributed by atoms with van der Waals surface area (Å²) in [7, 11) is 0. The third-order valence-electron chi connectivity index (χ3n) is 2.92. The highest BCUT2D eigenvalue weighted by Crippen LogP contribution is 2.30. The Balaban J connectivity index is 1.86. The molecular weight excluding hydrogens is 432 g/mol. The molecule has 2 aromatic heterocycles. The largest absolute Gasteiger partial charge is 0.462 e. The summed E-state index contributed by atoms with van der Waals surface area (Å²) < 4.78 is 7.05. The Morgan fingerprint density at radius 3 is 2.82 bits per heavy atom. The van der Waals surface area contributed by atoms with Gasteiger partial charge in [-0.1, -0.05) is 15.9 Å². The normalized spacial score (nSPS) is 10.7. The lowest BCUT2D eigenvalue weighted by Gasteiger charge is -2.06. The first-order valence-corrected chi connectivity index (χ1v) is 8.72. The molecule has 0 spiro atoms. The summed E-state index contributed by atoms with van der Waals surface area (Å²) in [5.74, 6) is 0.423. The molecule has 22 heavy (non-hydrogen) atoms. The highest BCUT2D eigenvalue weighted by Gasteiger charge is 2.18. The number of benzene rings is 1. The molecule has 0 aliphatic carbocycles. The summed E-state index contributed by atoms with van der Waals surface area (Å²) in [5.41, 5.74) is 1.10. The lowest BCUT2D eigenvalue weighted by Crippen LogP contribution is -2.13. The summed E-state index contributed by atoms with van der Waals surface area (Å²) in [6.45, 7) is 1.87. The SMILES string of the molecule is Cc1sc(-c2ccco2)nc1C(=O)Nc1ccc(Br)cc1Br.